The van der Waals surface area contributed by atoms with Gasteiger partial charge in [-0.15, -0.1) is 0 Å². The number of nitrogens with zero attached hydrogens (tertiary/aromatic N) is 3. The summed E-state index contributed by atoms with van der Waals surface area (Å²) in [5.41, 5.74) is 4.94. The van der Waals surface area contributed by atoms with Gasteiger partial charge in [0.2, 0.25) is 0 Å². The van der Waals surface area contributed by atoms with Gasteiger partial charge in [-0.3, -0.25) is 9.48 Å². The molecule has 5 nitrogen and oxygen atoms in total. The Hall–Kier alpha value is -2.14. The first-order chi connectivity index (χ1) is 11.0. The number of rotatable bonds is 3. The predicted molar refractivity (Wildman–Crippen MR) is 88.4 cm³/mol. The van der Waals surface area contributed by atoms with Crippen LogP contribution in [0.25, 0.3) is 0 Å². The Labute approximate surface area is 136 Å². The number of hydrogen-bond acceptors (Lipinski definition) is 3. The molecule has 0 radical (unpaired) electrons. The van der Waals surface area contributed by atoms with Crippen molar-refractivity contribution in [1.29, 1.82) is 0 Å². The minimum absolute atomic E-state index is 0.00978. The number of amides is 1. The second-order valence-electron chi connectivity index (χ2n) is 6.26. The van der Waals surface area contributed by atoms with E-state index >= 15 is 0 Å². The minimum Gasteiger partial charge on any atom is -0.371 e. The first kappa shape index (κ1) is 15.7. The van der Waals surface area contributed by atoms with Crippen molar-refractivity contribution in [1.82, 2.24) is 14.7 Å². The number of hydrogen-bond donors (Lipinski definition) is 0. The number of carbonyl (C=O) groups is 1. The van der Waals surface area contributed by atoms with Crippen LogP contribution in [-0.2, 0) is 24.8 Å². The van der Waals surface area contributed by atoms with Crippen molar-refractivity contribution in [3.8, 4) is 0 Å². The molecule has 0 fully saturated rings. The summed E-state index contributed by atoms with van der Waals surface area (Å²) in [5.74, 6) is 0.00978. The zero-order valence-electron chi connectivity index (χ0n) is 14.2. The third-order valence-electron chi connectivity index (χ3n) is 4.59. The Morgan fingerprint density at radius 2 is 2.04 bits per heavy atom. The zero-order chi connectivity index (χ0) is 16.6. The molecule has 23 heavy (non-hydrogen) atoms. The van der Waals surface area contributed by atoms with Gasteiger partial charge >= 0.3 is 0 Å². The highest BCUT2D eigenvalue weighted by Gasteiger charge is 2.25. The minimum atomic E-state index is 0.00978. The Kier molecular flexibility index (Phi) is 4.22. The van der Waals surface area contributed by atoms with Crippen LogP contribution >= 0.6 is 0 Å². The molecule has 3 rings (SSSR count). The maximum absolute atomic E-state index is 12.7. The molecule has 0 saturated heterocycles. The van der Waals surface area contributed by atoms with Gasteiger partial charge < -0.3 is 9.64 Å². The molecule has 5 heteroatoms. The van der Waals surface area contributed by atoms with Gasteiger partial charge in [-0.05, 0) is 25.0 Å². The van der Waals surface area contributed by atoms with Crippen LogP contribution in [0.5, 0.6) is 0 Å². The second-order valence-corrected chi connectivity index (χ2v) is 6.26. The smallest absolute Gasteiger partial charge is 0.257 e. The van der Waals surface area contributed by atoms with Gasteiger partial charge in [0, 0.05) is 32.8 Å². The standard InChI is InChI=1S/C18H23N3O2/c1-12-17(13(2)21(4)19-12)18(22)20(3)10-16-9-14-7-5-6-8-15(14)11-23-16/h5-8,16H,9-11H2,1-4H3/t16-/m1/s1. The highest BCUT2D eigenvalue weighted by molar-refractivity contribution is 5.96. The number of benzene rings is 1. The van der Waals surface area contributed by atoms with Gasteiger partial charge in [0.05, 0.1) is 24.0 Å². The van der Waals surface area contributed by atoms with Crippen LogP contribution in [0.3, 0.4) is 0 Å². The van der Waals surface area contributed by atoms with Crippen LogP contribution < -0.4 is 0 Å². The van der Waals surface area contributed by atoms with Crippen molar-refractivity contribution in [2.24, 2.45) is 7.05 Å². The average molecular weight is 313 g/mol. The third kappa shape index (κ3) is 3.01. The highest BCUT2D eigenvalue weighted by Crippen LogP contribution is 2.21. The first-order valence-electron chi connectivity index (χ1n) is 7.91. The summed E-state index contributed by atoms with van der Waals surface area (Å²) in [6.45, 7) is 5.00. The van der Waals surface area contributed by atoms with Crippen molar-refractivity contribution in [2.45, 2.75) is 33.0 Å². The van der Waals surface area contributed by atoms with Crippen molar-refractivity contribution in [3.63, 3.8) is 0 Å². The molecule has 1 aromatic carbocycles. The lowest BCUT2D eigenvalue weighted by Crippen LogP contribution is -2.38. The van der Waals surface area contributed by atoms with Gasteiger partial charge in [-0.2, -0.15) is 5.10 Å². The summed E-state index contributed by atoms with van der Waals surface area (Å²) in [5, 5.41) is 4.33. The molecule has 1 aromatic heterocycles. The monoisotopic (exact) mass is 313 g/mol. The van der Waals surface area contributed by atoms with Crippen molar-refractivity contribution >= 4 is 5.91 Å². The fraction of sp³-hybridized carbons (Fsp3) is 0.444. The van der Waals surface area contributed by atoms with E-state index in [0.29, 0.717) is 18.7 Å². The van der Waals surface area contributed by atoms with E-state index in [1.807, 2.05) is 34.0 Å². The van der Waals surface area contributed by atoms with Gasteiger partial charge in [0.25, 0.3) is 5.91 Å². The highest BCUT2D eigenvalue weighted by atomic mass is 16.5. The average Bonchev–Trinajstić information content (AvgIpc) is 2.79. The lowest BCUT2D eigenvalue weighted by Gasteiger charge is -2.29. The second kappa shape index (κ2) is 6.16. The van der Waals surface area contributed by atoms with Gasteiger partial charge in [-0.1, -0.05) is 24.3 Å². The van der Waals surface area contributed by atoms with E-state index in [9.17, 15) is 4.79 Å². The van der Waals surface area contributed by atoms with E-state index < -0.39 is 0 Å². The number of likely N-dealkylation sites (N-methyl/N-ethyl adjacent to an activating group) is 1. The summed E-state index contributed by atoms with van der Waals surface area (Å²) < 4.78 is 7.67. The summed E-state index contributed by atoms with van der Waals surface area (Å²) in [6, 6.07) is 8.33. The Balaban J connectivity index is 1.70. The van der Waals surface area contributed by atoms with E-state index in [1.165, 1.54) is 11.1 Å². The van der Waals surface area contributed by atoms with Crippen molar-refractivity contribution in [2.75, 3.05) is 13.6 Å². The van der Waals surface area contributed by atoms with Crippen LogP contribution in [-0.4, -0.2) is 40.3 Å². The number of fused-ring (bicyclic) bond motifs is 1. The van der Waals surface area contributed by atoms with Crippen LogP contribution in [0.4, 0.5) is 0 Å². The maximum Gasteiger partial charge on any atom is 0.257 e. The molecule has 1 aliphatic rings. The van der Waals surface area contributed by atoms with Crippen LogP contribution in [0.15, 0.2) is 24.3 Å². The number of aryl methyl sites for hydroxylation is 2. The lowest BCUT2D eigenvalue weighted by atomic mass is 9.99. The van der Waals surface area contributed by atoms with E-state index in [-0.39, 0.29) is 12.0 Å². The van der Waals surface area contributed by atoms with Crippen molar-refractivity contribution < 1.29 is 9.53 Å². The normalized spacial score (nSPS) is 17.0. The predicted octanol–water partition coefficient (Wildman–Crippen LogP) is 2.25. The fourth-order valence-corrected chi connectivity index (χ4v) is 3.19. The molecular formula is C18H23N3O2. The Morgan fingerprint density at radius 3 is 2.70 bits per heavy atom. The fourth-order valence-electron chi connectivity index (χ4n) is 3.19. The number of aromatic nitrogens is 2. The van der Waals surface area contributed by atoms with Gasteiger partial charge in [0.1, 0.15) is 0 Å². The molecule has 0 spiro atoms. The Bertz CT molecular complexity index is 736. The molecule has 0 unspecified atom stereocenters. The number of ether oxygens (including phenoxy) is 1. The summed E-state index contributed by atoms with van der Waals surface area (Å²) >= 11 is 0. The largest absolute Gasteiger partial charge is 0.371 e. The third-order valence-corrected chi connectivity index (χ3v) is 4.59. The van der Waals surface area contributed by atoms with Crippen LogP contribution in [0, 0.1) is 13.8 Å². The molecule has 2 aromatic rings. The zero-order valence-corrected chi connectivity index (χ0v) is 14.2. The summed E-state index contributed by atoms with van der Waals surface area (Å²) in [6.07, 6.45) is 0.884. The molecule has 122 valence electrons. The molecule has 1 amide bonds. The molecular weight excluding hydrogens is 290 g/mol. The van der Waals surface area contributed by atoms with E-state index in [4.69, 9.17) is 4.74 Å². The molecule has 1 aliphatic heterocycles. The van der Waals surface area contributed by atoms with Gasteiger partial charge in [0.15, 0.2) is 0 Å². The first-order valence-corrected chi connectivity index (χ1v) is 7.91. The molecule has 0 N–H and O–H groups in total. The van der Waals surface area contributed by atoms with E-state index in [0.717, 1.165) is 17.8 Å². The molecule has 0 aliphatic carbocycles. The SMILES string of the molecule is Cc1nn(C)c(C)c1C(=O)N(C)C[C@H]1Cc2ccccc2CO1. The summed E-state index contributed by atoms with van der Waals surface area (Å²) in [7, 11) is 3.69. The molecule has 2 heterocycles. The summed E-state index contributed by atoms with van der Waals surface area (Å²) in [4.78, 5) is 14.5. The topological polar surface area (TPSA) is 47.4 Å². The molecule has 1 atom stereocenters. The van der Waals surface area contributed by atoms with Gasteiger partial charge in [-0.25, -0.2) is 0 Å². The Morgan fingerprint density at radius 1 is 1.35 bits per heavy atom. The van der Waals surface area contributed by atoms with E-state index in [2.05, 4.69) is 23.3 Å². The van der Waals surface area contributed by atoms with Crippen LogP contribution in [0.1, 0.15) is 32.9 Å². The lowest BCUT2D eigenvalue weighted by molar-refractivity contribution is 0.00981. The maximum atomic E-state index is 12.7. The quantitative estimate of drug-likeness (QED) is 0.873. The van der Waals surface area contributed by atoms with E-state index in [1.54, 1.807) is 9.58 Å². The molecule has 0 bridgehead atoms. The number of carbonyl (C=O) groups excluding carboxylic acids is 1. The van der Waals surface area contributed by atoms with Crippen molar-refractivity contribution in [3.05, 3.63) is 52.3 Å². The van der Waals surface area contributed by atoms with Crippen LogP contribution in [0.2, 0.25) is 0 Å². The molecule has 0 saturated carbocycles.